The van der Waals surface area contributed by atoms with E-state index in [1.54, 1.807) is 0 Å². The van der Waals surface area contributed by atoms with Crippen molar-refractivity contribution in [3.05, 3.63) is 0 Å². The standard InChI is InChI=1S/C24H47N/c1-7-21(23(19(3)4)15-11-9-12-16-23)25-22(8-2)24(20(5)6)17-13-10-14-18-24/h19-22,25H,7-18H2,1-6H3. The minimum absolute atomic E-state index is 0.535. The molecule has 2 saturated carbocycles. The maximum Gasteiger partial charge on any atom is 0.0126 e. The lowest BCUT2D eigenvalue weighted by Crippen LogP contribution is -2.58. The monoisotopic (exact) mass is 349 g/mol. The molecular formula is C24H47N. The summed E-state index contributed by atoms with van der Waals surface area (Å²) in [5, 5.41) is 4.34. The number of hydrogen-bond acceptors (Lipinski definition) is 1. The van der Waals surface area contributed by atoms with Crippen LogP contribution in [0, 0.1) is 22.7 Å². The van der Waals surface area contributed by atoms with E-state index in [1.165, 1.54) is 77.0 Å². The first-order valence-electron chi connectivity index (χ1n) is 11.7. The summed E-state index contributed by atoms with van der Waals surface area (Å²) in [6.07, 6.45) is 17.1. The molecule has 25 heavy (non-hydrogen) atoms. The minimum Gasteiger partial charge on any atom is -0.310 e. The van der Waals surface area contributed by atoms with Crippen LogP contribution in [0.5, 0.6) is 0 Å². The highest BCUT2D eigenvalue weighted by molar-refractivity contribution is 5.01. The van der Waals surface area contributed by atoms with E-state index in [-0.39, 0.29) is 0 Å². The molecule has 0 spiro atoms. The van der Waals surface area contributed by atoms with E-state index in [1.807, 2.05) is 0 Å². The Morgan fingerprint density at radius 1 is 0.600 bits per heavy atom. The molecule has 2 aliphatic rings. The van der Waals surface area contributed by atoms with Crippen LogP contribution >= 0.6 is 0 Å². The molecule has 0 aromatic carbocycles. The SMILES string of the molecule is CCC(NC(CC)C1(C(C)C)CCCCC1)C1(C(C)C)CCCCC1. The lowest BCUT2D eigenvalue weighted by molar-refractivity contribution is 0.0102. The summed E-state index contributed by atoms with van der Waals surface area (Å²) in [7, 11) is 0. The summed E-state index contributed by atoms with van der Waals surface area (Å²) in [5.74, 6) is 1.59. The van der Waals surface area contributed by atoms with Crippen molar-refractivity contribution in [1.29, 1.82) is 0 Å². The number of rotatable bonds is 8. The van der Waals surface area contributed by atoms with Crippen LogP contribution < -0.4 is 5.32 Å². The lowest BCUT2D eigenvalue weighted by Gasteiger charge is -2.53. The molecule has 1 N–H and O–H groups in total. The largest absolute Gasteiger partial charge is 0.310 e. The topological polar surface area (TPSA) is 12.0 Å². The van der Waals surface area contributed by atoms with Crippen molar-refractivity contribution in [3.8, 4) is 0 Å². The van der Waals surface area contributed by atoms with Gasteiger partial charge in [-0.3, -0.25) is 0 Å². The van der Waals surface area contributed by atoms with Crippen LogP contribution in [0.2, 0.25) is 0 Å². The Kier molecular flexibility index (Phi) is 7.86. The molecule has 0 aromatic rings. The van der Waals surface area contributed by atoms with Gasteiger partial charge in [-0.2, -0.15) is 0 Å². The van der Waals surface area contributed by atoms with Gasteiger partial charge in [-0.15, -0.1) is 0 Å². The summed E-state index contributed by atoms with van der Waals surface area (Å²) in [6.45, 7) is 14.9. The highest BCUT2D eigenvalue weighted by Crippen LogP contribution is 2.49. The van der Waals surface area contributed by atoms with Crippen molar-refractivity contribution in [1.82, 2.24) is 5.32 Å². The van der Waals surface area contributed by atoms with Gasteiger partial charge in [0.25, 0.3) is 0 Å². The molecule has 1 heteroatoms. The van der Waals surface area contributed by atoms with Crippen molar-refractivity contribution in [2.24, 2.45) is 22.7 Å². The fourth-order valence-electron chi connectivity index (χ4n) is 6.70. The fraction of sp³-hybridized carbons (Fsp3) is 1.00. The van der Waals surface area contributed by atoms with Crippen LogP contribution in [0.15, 0.2) is 0 Å². The van der Waals surface area contributed by atoms with E-state index < -0.39 is 0 Å². The third-order valence-electron chi connectivity index (χ3n) is 8.48. The molecular weight excluding hydrogens is 302 g/mol. The first-order chi connectivity index (χ1) is 11.9. The van der Waals surface area contributed by atoms with Gasteiger partial charge in [0.05, 0.1) is 0 Å². The molecule has 2 rings (SSSR count). The van der Waals surface area contributed by atoms with Crippen LogP contribution in [0.1, 0.15) is 119 Å². The molecule has 2 unspecified atom stereocenters. The van der Waals surface area contributed by atoms with Crippen molar-refractivity contribution in [2.45, 2.75) is 131 Å². The smallest absolute Gasteiger partial charge is 0.0126 e. The summed E-state index contributed by atoms with van der Waals surface area (Å²) >= 11 is 0. The Hall–Kier alpha value is -0.0400. The molecule has 0 radical (unpaired) electrons. The molecule has 0 saturated heterocycles. The second kappa shape index (κ2) is 9.25. The van der Waals surface area contributed by atoms with Crippen molar-refractivity contribution in [3.63, 3.8) is 0 Å². The molecule has 2 aliphatic carbocycles. The molecule has 0 heterocycles. The highest BCUT2D eigenvalue weighted by Gasteiger charge is 2.46. The van der Waals surface area contributed by atoms with Gasteiger partial charge in [-0.05, 0) is 61.2 Å². The van der Waals surface area contributed by atoms with E-state index in [9.17, 15) is 0 Å². The number of hydrogen-bond donors (Lipinski definition) is 1. The summed E-state index contributed by atoms with van der Waals surface area (Å²) in [4.78, 5) is 0. The van der Waals surface area contributed by atoms with Gasteiger partial charge in [0, 0.05) is 12.1 Å². The quantitative estimate of drug-likeness (QED) is 0.483. The maximum atomic E-state index is 4.34. The number of nitrogens with one attached hydrogen (secondary N) is 1. The molecule has 0 aromatic heterocycles. The molecule has 1 nitrogen and oxygen atoms in total. The third kappa shape index (κ3) is 4.28. The Balaban J connectivity index is 2.24. The third-order valence-corrected chi connectivity index (χ3v) is 8.48. The summed E-state index contributed by atoms with van der Waals surface area (Å²) in [6, 6.07) is 1.41. The van der Waals surface area contributed by atoms with Crippen molar-refractivity contribution < 1.29 is 0 Å². The Morgan fingerprint density at radius 3 is 1.16 bits per heavy atom. The van der Waals surface area contributed by atoms with Gasteiger partial charge in [-0.25, -0.2) is 0 Å². The molecule has 2 fully saturated rings. The highest BCUT2D eigenvalue weighted by atomic mass is 15.0. The van der Waals surface area contributed by atoms with Crippen LogP contribution in [-0.2, 0) is 0 Å². The molecule has 148 valence electrons. The summed E-state index contributed by atoms with van der Waals surface area (Å²) in [5.41, 5.74) is 1.07. The van der Waals surface area contributed by atoms with Crippen LogP contribution in [-0.4, -0.2) is 12.1 Å². The van der Waals surface area contributed by atoms with E-state index in [4.69, 9.17) is 0 Å². The molecule has 0 aliphatic heterocycles. The lowest BCUT2D eigenvalue weighted by atomic mass is 9.59. The average molecular weight is 350 g/mol. The predicted molar refractivity (Wildman–Crippen MR) is 112 cm³/mol. The molecule has 0 amide bonds. The summed E-state index contributed by atoms with van der Waals surface area (Å²) < 4.78 is 0. The van der Waals surface area contributed by atoms with Gasteiger partial charge in [-0.1, -0.05) is 80.1 Å². The second-order valence-electron chi connectivity index (χ2n) is 9.99. The zero-order valence-corrected chi connectivity index (χ0v) is 18.3. The molecule has 2 atom stereocenters. The zero-order valence-electron chi connectivity index (χ0n) is 18.3. The first kappa shape index (κ1) is 21.3. The Bertz CT molecular complexity index is 336. The van der Waals surface area contributed by atoms with Gasteiger partial charge >= 0.3 is 0 Å². The zero-order chi connectivity index (χ0) is 18.5. The van der Waals surface area contributed by atoms with E-state index in [0.29, 0.717) is 22.9 Å². The van der Waals surface area contributed by atoms with Gasteiger partial charge in [0.2, 0.25) is 0 Å². The van der Waals surface area contributed by atoms with E-state index >= 15 is 0 Å². The fourth-order valence-corrected chi connectivity index (χ4v) is 6.70. The maximum absolute atomic E-state index is 4.34. The van der Waals surface area contributed by atoms with E-state index in [0.717, 1.165) is 11.8 Å². The normalized spacial score (nSPS) is 25.9. The van der Waals surface area contributed by atoms with E-state index in [2.05, 4.69) is 46.9 Å². The molecule has 0 bridgehead atoms. The van der Waals surface area contributed by atoms with Gasteiger partial charge < -0.3 is 5.32 Å². The van der Waals surface area contributed by atoms with Gasteiger partial charge in [0.15, 0.2) is 0 Å². The van der Waals surface area contributed by atoms with Gasteiger partial charge in [0.1, 0.15) is 0 Å². The van der Waals surface area contributed by atoms with Crippen LogP contribution in [0.3, 0.4) is 0 Å². The minimum atomic E-state index is 0.535. The first-order valence-corrected chi connectivity index (χ1v) is 11.7. The predicted octanol–water partition coefficient (Wildman–Crippen LogP) is 7.35. The van der Waals surface area contributed by atoms with Crippen LogP contribution in [0.25, 0.3) is 0 Å². The van der Waals surface area contributed by atoms with Crippen LogP contribution in [0.4, 0.5) is 0 Å². The van der Waals surface area contributed by atoms with Crippen molar-refractivity contribution in [2.75, 3.05) is 0 Å². The Morgan fingerprint density at radius 2 is 0.920 bits per heavy atom. The second-order valence-corrected chi connectivity index (χ2v) is 9.99. The van der Waals surface area contributed by atoms with Crippen molar-refractivity contribution >= 4 is 0 Å². The average Bonchev–Trinajstić information content (AvgIpc) is 2.63. The Labute approximate surface area is 159 Å².